The van der Waals surface area contributed by atoms with Crippen molar-refractivity contribution in [2.45, 2.75) is 25.3 Å². The maximum Gasteiger partial charge on any atom is 0.348 e. The van der Waals surface area contributed by atoms with E-state index >= 15 is 0 Å². The fraction of sp³-hybridized carbons (Fsp3) is 0.333. The lowest BCUT2D eigenvalue weighted by Gasteiger charge is -2.31. The van der Waals surface area contributed by atoms with Crippen LogP contribution in [-0.4, -0.2) is 39.9 Å². The van der Waals surface area contributed by atoms with Crippen molar-refractivity contribution in [2.75, 3.05) is 20.2 Å². The molecule has 2 aromatic carbocycles. The molecule has 4 rings (SSSR count). The third kappa shape index (κ3) is 3.95. The smallest absolute Gasteiger partial charge is 0.348 e. The third-order valence-electron chi connectivity index (χ3n) is 5.09. The first-order valence-electron chi connectivity index (χ1n) is 9.33. The highest BCUT2D eigenvalue weighted by molar-refractivity contribution is 5.30. The van der Waals surface area contributed by atoms with Gasteiger partial charge >= 0.3 is 5.69 Å². The molecule has 6 heteroatoms. The van der Waals surface area contributed by atoms with Crippen LogP contribution in [0, 0.1) is 0 Å². The first-order valence-corrected chi connectivity index (χ1v) is 9.33. The number of nitrogens with one attached hydrogen (secondary N) is 1. The predicted molar refractivity (Wildman–Crippen MR) is 104 cm³/mol. The van der Waals surface area contributed by atoms with E-state index in [2.05, 4.69) is 27.1 Å². The van der Waals surface area contributed by atoms with Gasteiger partial charge in [0, 0.05) is 19.0 Å². The Labute approximate surface area is 158 Å². The Kier molecular flexibility index (Phi) is 5.07. The van der Waals surface area contributed by atoms with Crippen LogP contribution in [0.25, 0.3) is 5.69 Å². The van der Waals surface area contributed by atoms with E-state index in [0.29, 0.717) is 0 Å². The van der Waals surface area contributed by atoms with E-state index in [-0.39, 0.29) is 11.6 Å². The molecule has 6 nitrogen and oxygen atoms in total. The van der Waals surface area contributed by atoms with Crippen molar-refractivity contribution in [3.63, 3.8) is 0 Å². The van der Waals surface area contributed by atoms with Crippen molar-refractivity contribution in [2.24, 2.45) is 0 Å². The zero-order valence-corrected chi connectivity index (χ0v) is 15.5. The predicted octanol–water partition coefficient (Wildman–Crippen LogP) is 2.95. The van der Waals surface area contributed by atoms with Crippen LogP contribution in [-0.2, 0) is 6.54 Å². The fourth-order valence-corrected chi connectivity index (χ4v) is 3.68. The maximum absolute atomic E-state index is 12.3. The molecule has 27 heavy (non-hydrogen) atoms. The molecular formula is C21H24N4O2. The van der Waals surface area contributed by atoms with Gasteiger partial charge in [0.1, 0.15) is 11.6 Å². The molecule has 1 aliphatic heterocycles. The van der Waals surface area contributed by atoms with E-state index in [0.717, 1.165) is 49.7 Å². The van der Waals surface area contributed by atoms with Gasteiger partial charge in [0.05, 0.1) is 12.8 Å². The second-order valence-corrected chi connectivity index (χ2v) is 6.99. The molecule has 1 fully saturated rings. The molecule has 1 saturated heterocycles. The number of hydrogen-bond donors (Lipinski definition) is 1. The van der Waals surface area contributed by atoms with Gasteiger partial charge in [0.2, 0.25) is 0 Å². The van der Waals surface area contributed by atoms with Crippen molar-refractivity contribution in [1.29, 1.82) is 0 Å². The van der Waals surface area contributed by atoms with Crippen molar-refractivity contribution in [3.8, 4) is 11.4 Å². The van der Waals surface area contributed by atoms with Gasteiger partial charge in [-0.2, -0.15) is 4.68 Å². The molecule has 0 aliphatic carbocycles. The number of methoxy groups -OCH3 is 1. The van der Waals surface area contributed by atoms with E-state index in [4.69, 9.17) is 4.74 Å². The zero-order chi connectivity index (χ0) is 18.6. The summed E-state index contributed by atoms with van der Waals surface area (Å²) in [7, 11) is 1.68. The molecule has 3 aromatic rings. The third-order valence-corrected chi connectivity index (χ3v) is 5.09. The van der Waals surface area contributed by atoms with Gasteiger partial charge in [-0.05, 0) is 49.2 Å². The van der Waals surface area contributed by atoms with Crippen molar-refractivity contribution >= 4 is 0 Å². The van der Waals surface area contributed by atoms with E-state index in [1.807, 2.05) is 42.5 Å². The van der Waals surface area contributed by atoms with Crippen LogP contribution in [0.2, 0.25) is 0 Å². The summed E-state index contributed by atoms with van der Waals surface area (Å²) in [4.78, 5) is 17.7. The number of H-pyrrole nitrogens is 1. The molecule has 1 aromatic heterocycles. The minimum atomic E-state index is -0.177. The summed E-state index contributed by atoms with van der Waals surface area (Å²) in [6.07, 6.45) is 2.14. The number of rotatable bonds is 5. The number of nitrogens with zero attached hydrogens (tertiary/aromatic N) is 3. The first kappa shape index (κ1) is 17.5. The Bertz CT molecular complexity index is 931. The topological polar surface area (TPSA) is 63.1 Å². The molecule has 140 valence electrons. The van der Waals surface area contributed by atoms with Crippen molar-refractivity contribution in [3.05, 3.63) is 76.5 Å². The molecule has 0 bridgehead atoms. The molecule has 0 spiro atoms. The Balaban J connectivity index is 1.47. The average molecular weight is 364 g/mol. The summed E-state index contributed by atoms with van der Waals surface area (Å²) in [5, 5.41) is 4.57. The minimum absolute atomic E-state index is 0.177. The summed E-state index contributed by atoms with van der Waals surface area (Å²) < 4.78 is 6.68. The summed E-state index contributed by atoms with van der Waals surface area (Å²) in [5.41, 5.74) is 1.87. The molecule has 1 aliphatic rings. The van der Waals surface area contributed by atoms with Crippen LogP contribution < -0.4 is 10.4 Å². The number of benzene rings is 2. The standard InChI is InChI=1S/C21H24N4O2/c1-27-19-11-9-16(10-12-19)14-24-13-5-6-17(15-24)20-22-21(26)25(23-20)18-7-3-2-4-8-18/h2-4,7-12,17H,5-6,13-15H2,1H3,(H,22,23,26). The lowest BCUT2D eigenvalue weighted by atomic mass is 9.97. The molecule has 0 radical (unpaired) electrons. The number of piperidine rings is 1. The summed E-state index contributed by atoms with van der Waals surface area (Å²) in [6.45, 7) is 2.85. The molecular weight excluding hydrogens is 340 g/mol. The lowest BCUT2D eigenvalue weighted by molar-refractivity contribution is 0.196. The van der Waals surface area contributed by atoms with Gasteiger partial charge < -0.3 is 4.74 Å². The van der Waals surface area contributed by atoms with E-state index < -0.39 is 0 Å². The van der Waals surface area contributed by atoms with Crippen LogP contribution in [0.4, 0.5) is 0 Å². The summed E-state index contributed by atoms with van der Waals surface area (Å²) >= 11 is 0. The van der Waals surface area contributed by atoms with Crippen molar-refractivity contribution < 1.29 is 4.74 Å². The van der Waals surface area contributed by atoms with Gasteiger partial charge in [-0.1, -0.05) is 30.3 Å². The number of aromatic nitrogens is 3. The number of para-hydroxylation sites is 1. The second-order valence-electron chi connectivity index (χ2n) is 6.99. The lowest BCUT2D eigenvalue weighted by Crippen LogP contribution is -2.34. The molecule has 2 heterocycles. The van der Waals surface area contributed by atoms with E-state index in [9.17, 15) is 4.79 Å². The summed E-state index contributed by atoms with van der Waals surface area (Å²) in [5.74, 6) is 1.90. The monoisotopic (exact) mass is 364 g/mol. The number of aromatic amines is 1. The Morgan fingerprint density at radius 3 is 2.67 bits per heavy atom. The number of ether oxygens (including phenoxy) is 1. The SMILES string of the molecule is COc1ccc(CN2CCCC(c3nn(-c4ccccc4)c(=O)[nH]3)C2)cc1. The highest BCUT2D eigenvalue weighted by Crippen LogP contribution is 2.25. The van der Waals surface area contributed by atoms with Gasteiger partial charge in [-0.15, -0.1) is 5.10 Å². The Hall–Kier alpha value is -2.86. The average Bonchev–Trinajstić information content (AvgIpc) is 3.11. The van der Waals surface area contributed by atoms with Crippen LogP contribution in [0.3, 0.4) is 0 Å². The number of hydrogen-bond acceptors (Lipinski definition) is 4. The largest absolute Gasteiger partial charge is 0.497 e. The van der Waals surface area contributed by atoms with Crippen LogP contribution in [0.1, 0.15) is 30.1 Å². The zero-order valence-electron chi connectivity index (χ0n) is 15.5. The van der Waals surface area contributed by atoms with E-state index in [1.54, 1.807) is 7.11 Å². The fourth-order valence-electron chi connectivity index (χ4n) is 3.68. The quantitative estimate of drug-likeness (QED) is 0.756. The highest BCUT2D eigenvalue weighted by atomic mass is 16.5. The molecule has 1 unspecified atom stereocenters. The Morgan fingerprint density at radius 1 is 1.15 bits per heavy atom. The summed E-state index contributed by atoms with van der Waals surface area (Å²) in [6, 6.07) is 17.7. The van der Waals surface area contributed by atoms with Crippen LogP contribution >= 0.6 is 0 Å². The molecule has 1 N–H and O–H groups in total. The van der Waals surface area contributed by atoms with Crippen LogP contribution in [0.15, 0.2) is 59.4 Å². The number of likely N-dealkylation sites (tertiary alicyclic amines) is 1. The van der Waals surface area contributed by atoms with E-state index in [1.165, 1.54) is 10.2 Å². The molecule has 0 saturated carbocycles. The molecule has 0 amide bonds. The van der Waals surface area contributed by atoms with Gasteiger partial charge in [-0.3, -0.25) is 9.88 Å². The van der Waals surface area contributed by atoms with Gasteiger partial charge in [-0.25, -0.2) is 4.79 Å². The normalized spacial score (nSPS) is 17.7. The van der Waals surface area contributed by atoms with Crippen LogP contribution in [0.5, 0.6) is 5.75 Å². The Morgan fingerprint density at radius 2 is 1.93 bits per heavy atom. The highest BCUT2D eigenvalue weighted by Gasteiger charge is 2.25. The van der Waals surface area contributed by atoms with Gasteiger partial charge in [0.15, 0.2) is 0 Å². The minimum Gasteiger partial charge on any atom is -0.497 e. The van der Waals surface area contributed by atoms with Crippen molar-refractivity contribution in [1.82, 2.24) is 19.7 Å². The molecule has 1 atom stereocenters. The second kappa shape index (κ2) is 7.80. The maximum atomic E-state index is 12.3. The first-order chi connectivity index (χ1) is 13.2. The van der Waals surface area contributed by atoms with Gasteiger partial charge in [0.25, 0.3) is 0 Å².